The van der Waals surface area contributed by atoms with Gasteiger partial charge < -0.3 is 20.1 Å². The summed E-state index contributed by atoms with van der Waals surface area (Å²) in [6.07, 6.45) is -0.478. The molecule has 0 heterocycles. The molecule has 0 aliphatic heterocycles. The van der Waals surface area contributed by atoms with Gasteiger partial charge in [-0.15, -0.1) is 0 Å². The van der Waals surface area contributed by atoms with E-state index in [1.54, 1.807) is 6.92 Å². The fourth-order valence-electron chi connectivity index (χ4n) is 0.731. The first-order valence-electron chi connectivity index (χ1n) is 4.37. The minimum absolute atomic E-state index is 0.0272. The van der Waals surface area contributed by atoms with Crippen molar-refractivity contribution in [3.8, 4) is 0 Å². The standard InChI is InChI=1S/C8H16N2O4/c1-3-14-8(12)10-5-4-9-7(11)6-13-2/h3-6H2,1-2H3,(H,9,11)(H,10,12). The van der Waals surface area contributed by atoms with E-state index < -0.39 is 6.09 Å². The molecule has 0 rings (SSSR count). The molecule has 14 heavy (non-hydrogen) atoms. The molecule has 0 saturated heterocycles. The zero-order valence-electron chi connectivity index (χ0n) is 8.46. The SMILES string of the molecule is CCOC(=O)NCCNC(=O)COC. The number of ether oxygens (including phenoxy) is 2. The number of hydrogen-bond donors (Lipinski definition) is 2. The van der Waals surface area contributed by atoms with Crippen molar-refractivity contribution in [2.75, 3.05) is 33.4 Å². The van der Waals surface area contributed by atoms with Gasteiger partial charge in [0, 0.05) is 20.2 Å². The number of carbonyl (C=O) groups excluding carboxylic acids is 2. The Morgan fingerprint density at radius 3 is 2.43 bits per heavy atom. The van der Waals surface area contributed by atoms with Crippen LogP contribution >= 0.6 is 0 Å². The molecule has 0 aromatic rings. The Labute approximate surface area is 82.9 Å². The van der Waals surface area contributed by atoms with E-state index in [1.165, 1.54) is 7.11 Å². The predicted molar refractivity (Wildman–Crippen MR) is 49.9 cm³/mol. The van der Waals surface area contributed by atoms with Gasteiger partial charge in [0.15, 0.2) is 0 Å². The van der Waals surface area contributed by atoms with Crippen LogP contribution in [-0.2, 0) is 14.3 Å². The first kappa shape index (κ1) is 12.7. The van der Waals surface area contributed by atoms with Crippen molar-refractivity contribution in [3.63, 3.8) is 0 Å². The summed E-state index contributed by atoms with van der Waals surface area (Å²) in [5.74, 6) is -0.210. The fraction of sp³-hybridized carbons (Fsp3) is 0.750. The lowest BCUT2D eigenvalue weighted by molar-refractivity contribution is -0.124. The van der Waals surface area contributed by atoms with Crippen molar-refractivity contribution in [3.05, 3.63) is 0 Å². The molecule has 0 radical (unpaired) electrons. The van der Waals surface area contributed by atoms with Crippen LogP contribution in [-0.4, -0.2) is 45.4 Å². The predicted octanol–water partition coefficient (Wildman–Crippen LogP) is -0.505. The number of carbonyl (C=O) groups is 2. The van der Waals surface area contributed by atoms with Gasteiger partial charge in [0.05, 0.1) is 6.61 Å². The molecular formula is C8H16N2O4. The van der Waals surface area contributed by atoms with Gasteiger partial charge in [-0.1, -0.05) is 0 Å². The maximum Gasteiger partial charge on any atom is 0.407 e. The molecule has 82 valence electrons. The van der Waals surface area contributed by atoms with E-state index in [0.29, 0.717) is 19.7 Å². The van der Waals surface area contributed by atoms with Gasteiger partial charge in [0.2, 0.25) is 5.91 Å². The number of amides is 2. The van der Waals surface area contributed by atoms with Gasteiger partial charge in [-0.05, 0) is 6.92 Å². The molecule has 0 spiro atoms. The second kappa shape index (κ2) is 8.31. The van der Waals surface area contributed by atoms with Gasteiger partial charge >= 0.3 is 6.09 Å². The number of methoxy groups -OCH3 is 1. The van der Waals surface area contributed by atoms with Crippen LogP contribution in [0.1, 0.15) is 6.92 Å². The van der Waals surface area contributed by atoms with E-state index in [-0.39, 0.29) is 12.5 Å². The van der Waals surface area contributed by atoms with Crippen LogP contribution in [0, 0.1) is 0 Å². The van der Waals surface area contributed by atoms with Gasteiger partial charge in [-0.2, -0.15) is 0 Å². The topological polar surface area (TPSA) is 76.7 Å². The third-order valence-corrected chi connectivity index (χ3v) is 1.27. The average Bonchev–Trinajstić information content (AvgIpc) is 2.13. The Balaban J connectivity index is 3.28. The molecular weight excluding hydrogens is 188 g/mol. The average molecular weight is 204 g/mol. The summed E-state index contributed by atoms with van der Waals surface area (Å²) in [6.45, 7) is 2.79. The van der Waals surface area contributed by atoms with E-state index >= 15 is 0 Å². The highest BCUT2D eigenvalue weighted by Crippen LogP contribution is 1.74. The van der Waals surface area contributed by atoms with E-state index in [1.807, 2.05) is 0 Å². The summed E-state index contributed by atoms with van der Waals surface area (Å²) < 4.78 is 9.21. The third-order valence-electron chi connectivity index (χ3n) is 1.27. The zero-order chi connectivity index (χ0) is 10.8. The second-order valence-electron chi connectivity index (χ2n) is 2.43. The largest absolute Gasteiger partial charge is 0.450 e. The van der Waals surface area contributed by atoms with Crippen LogP contribution in [0.25, 0.3) is 0 Å². The summed E-state index contributed by atoms with van der Waals surface area (Å²) >= 11 is 0. The monoisotopic (exact) mass is 204 g/mol. The summed E-state index contributed by atoms with van der Waals surface area (Å²) in [6, 6.07) is 0. The van der Waals surface area contributed by atoms with Gasteiger partial charge in [0.25, 0.3) is 0 Å². The van der Waals surface area contributed by atoms with E-state index in [2.05, 4.69) is 20.1 Å². The maximum absolute atomic E-state index is 10.8. The van der Waals surface area contributed by atoms with Gasteiger partial charge in [-0.25, -0.2) is 4.79 Å². The highest BCUT2D eigenvalue weighted by atomic mass is 16.5. The number of nitrogens with one attached hydrogen (secondary N) is 2. The smallest absolute Gasteiger partial charge is 0.407 e. The molecule has 6 nitrogen and oxygen atoms in total. The maximum atomic E-state index is 10.8. The quantitative estimate of drug-likeness (QED) is 0.571. The Hall–Kier alpha value is -1.30. The summed E-state index contributed by atoms with van der Waals surface area (Å²) in [5, 5.41) is 5.01. The minimum atomic E-state index is -0.478. The zero-order valence-corrected chi connectivity index (χ0v) is 8.46. The molecule has 0 aromatic carbocycles. The molecule has 0 atom stereocenters. The normalized spacial score (nSPS) is 9.29. The van der Waals surface area contributed by atoms with E-state index in [9.17, 15) is 9.59 Å². The Morgan fingerprint density at radius 2 is 1.86 bits per heavy atom. The summed E-state index contributed by atoms with van der Waals surface area (Å²) in [4.78, 5) is 21.6. The molecule has 0 saturated carbocycles. The number of rotatable bonds is 6. The molecule has 0 unspecified atom stereocenters. The van der Waals surface area contributed by atoms with Crippen molar-refractivity contribution < 1.29 is 19.1 Å². The van der Waals surface area contributed by atoms with Crippen LogP contribution < -0.4 is 10.6 Å². The van der Waals surface area contributed by atoms with Crippen LogP contribution in [0.3, 0.4) is 0 Å². The van der Waals surface area contributed by atoms with Crippen molar-refractivity contribution in [2.24, 2.45) is 0 Å². The van der Waals surface area contributed by atoms with Crippen molar-refractivity contribution in [1.82, 2.24) is 10.6 Å². The Kier molecular flexibility index (Phi) is 7.53. The molecule has 0 aliphatic rings. The molecule has 0 fully saturated rings. The fourth-order valence-corrected chi connectivity index (χ4v) is 0.731. The molecule has 6 heteroatoms. The highest BCUT2D eigenvalue weighted by Gasteiger charge is 2.00. The summed E-state index contributed by atoms with van der Waals surface area (Å²) in [7, 11) is 1.44. The van der Waals surface area contributed by atoms with Crippen molar-refractivity contribution >= 4 is 12.0 Å². The van der Waals surface area contributed by atoms with E-state index in [0.717, 1.165) is 0 Å². The molecule has 0 aromatic heterocycles. The Morgan fingerprint density at radius 1 is 1.21 bits per heavy atom. The first-order valence-corrected chi connectivity index (χ1v) is 4.37. The highest BCUT2D eigenvalue weighted by molar-refractivity contribution is 5.77. The summed E-state index contributed by atoms with van der Waals surface area (Å²) in [5.41, 5.74) is 0. The minimum Gasteiger partial charge on any atom is -0.450 e. The lowest BCUT2D eigenvalue weighted by Crippen LogP contribution is -2.36. The number of hydrogen-bond acceptors (Lipinski definition) is 4. The first-order chi connectivity index (χ1) is 6.70. The third kappa shape index (κ3) is 7.35. The van der Waals surface area contributed by atoms with Gasteiger partial charge in [0.1, 0.15) is 6.61 Å². The van der Waals surface area contributed by atoms with Crippen molar-refractivity contribution in [2.45, 2.75) is 6.92 Å². The van der Waals surface area contributed by atoms with Crippen LogP contribution in [0.2, 0.25) is 0 Å². The Bertz CT molecular complexity index is 164. The molecule has 2 amide bonds. The van der Waals surface area contributed by atoms with Crippen molar-refractivity contribution in [1.29, 1.82) is 0 Å². The lowest BCUT2D eigenvalue weighted by atomic mass is 10.5. The van der Waals surface area contributed by atoms with Gasteiger partial charge in [-0.3, -0.25) is 4.79 Å². The number of alkyl carbamates (subject to hydrolysis) is 1. The molecule has 2 N–H and O–H groups in total. The van der Waals surface area contributed by atoms with Crippen LogP contribution in [0.5, 0.6) is 0 Å². The van der Waals surface area contributed by atoms with E-state index in [4.69, 9.17) is 0 Å². The second-order valence-corrected chi connectivity index (χ2v) is 2.43. The van der Waals surface area contributed by atoms with Crippen LogP contribution in [0.15, 0.2) is 0 Å². The lowest BCUT2D eigenvalue weighted by Gasteiger charge is -2.06. The van der Waals surface area contributed by atoms with Crippen LogP contribution in [0.4, 0.5) is 4.79 Å². The molecule has 0 bridgehead atoms. The molecule has 0 aliphatic carbocycles.